The van der Waals surface area contributed by atoms with Crippen molar-refractivity contribution in [1.29, 1.82) is 0 Å². The van der Waals surface area contributed by atoms with Crippen LogP contribution in [0.5, 0.6) is 11.5 Å². The van der Waals surface area contributed by atoms with Gasteiger partial charge in [-0.05, 0) is 67.0 Å². The molecule has 8 heteroatoms. The zero-order chi connectivity index (χ0) is 21.8. The second-order valence-electron chi connectivity index (χ2n) is 8.04. The molecule has 7 nitrogen and oxygen atoms in total. The van der Waals surface area contributed by atoms with Crippen molar-refractivity contribution in [3.63, 3.8) is 0 Å². The lowest BCUT2D eigenvalue weighted by Gasteiger charge is -2.24. The summed E-state index contributed by atoms with van der Waals surface area (Å²) in [7, 11) is -2.83. The van der Waals surface area contributed by atoms with Gasteiger partial charge in [-0.15, -0.1) is 0 Å². The average Bonchev–Trinajstić information content (AvgIpc) is 3.09. The van der Waals surface area contributed by atoms with Crippen LogP contribution in [0, 0.1) is 6.92 Å². The van der Waals surface area contributed by atoms with Gasteiger partial charge in [-0.2, -0.15) is 0 Å². The maximum absolute atomic E-state index is 10.9. The summed E-state index contributed by atoms with van der Waals surface area (Å²) in [5, 5.41) is 0. The summed E-state index contributed by atoms with van der Waals surface area (Å²) in [5.74, 6) is 1.94. The Morgan fingerprint density at radius 1 is 1.20 bits per heavy atom. The zero-order valence-electron chi connectivity index (χ0n) is 17.4. The summed E-state index contributed by atoms with van der Waals surface area (Å²) in [6, 6.07) is 14.1. The Hall–Kier alpha value is -1.89. The molecule has 0 radical (unpaired) electrons. The molecule has 2 atom stereocenters. The van der Waals surface area contributed by atoms with Gasteiger partial charge in [0, 0.05) is 12.0 Å². The minimum absolute atomic E-state index is 0.139. The molecule has 0 aliphatic heterocycles. The van der Waals surface area contributed by atoms with Gasteiger partial charge in [0.15, 0.2) is 0 Å². The average molecular weight is 435 g/mol. The molecule has 1 saturated carbocycles. The third-order valence-corrected chi connectivity index (χ3v) is 6.10. The van der Waals surface area contributed by atoms with Gasteiger partial charge in [-0.3, -0.25) is 4.52 Å². The van der Waals surface area contributed by atoms with E-state index >= 15 is 0 Å². The summed E-state index contributed by atoms with van der Waals surface area (Å²) in [4.78, 5) is 17.8. The number of ether oxygens (including phenoxy) is 2. The van der Waals surface area contributed by atoms with Crippen molar-refractivity contribution in [3.8, 4) is 11.5 Å². The Labute approximate surface area is 177 Å². The van der Waals surface area contributed by atoms with Crippen molar-refractivity contribution in [1.82, 2.24) is 0 Å². The lowest BCUT2D eigenvalue weighted by Crippen LogP contribution is -2.41. The van der Waals surface area contributed by atoms with Crippen molar-refractivity contribution >= 4 is 7.82 Å². The van der Waals surface area contributed by atoms with Gasteiger partial charge in [0.25, 0.3) is 0 Å². The predicted molar refractivity (Wildman–Crippen MR) is 115 cm³/mol. The lowest BCUT2D eigenvalue weighted by atomic mass is 9.94. The summed E-state index contributed by atoms with van der Waals surface area (Å²) < 4.78 is 26.7. The molecular formula is C22H30NO6P. The van der Waals surface area contributed by atoms with Crippen LogP contribution in [-0.2, 0) is 15.5 Å². The van der Waals surface area contributed by atoms with Gasteiger partial charge in [0.1, 0.15) is 11.5 Å². The Kier molecular flexibility index (Phi) is 7.22. The summed E-state index contributed by atoms with van der Waals surface area (Å²) in [6.45, 7) is 2.47. The van der Waals surface area contributed by atoms with Crippen molar-refractivity contribution in [2.24, 2.45) is 5.73 Å². The topological polar surface area (TPSA) is 111 Å². The van der Waals surface area contributed by atoms with Crippen molar-refractivity contribution < 1.29 is 28.3 Å². The highest BCUT2D eigenvalue weighted by atomic mass is 31.2. The van der Waals surface area contributed by atoms with Crippen LogP contribution in [0.15, 0.2) is 42.5 Å². The van der Waals surface area contributed by atoms with Gasteiger partial charge in [0.05, 0.1) is 20.3 Å². The van der Waals surface area contributed by atoms with Crippen LogP contribution in [0.3, 0.4) is 0 Å². The fourth-order valence-corrected chi connectivity index (χ4v) is 4.43. The monoisotopic (exact) mass is 435 g/mol. The predicted octanol–water partition coefficient (Wildman–Crippen LogP) is 3.70. The van der Waals surface area contributed by atoms with Gasteiger partial charge < -0.3 is 25.0 Å². The first-order chi connectivity index (χ1) is 14.2. The molecule has 1 aliphatic carbocycles. The van der Waals surface area contributed by atoms with Crippen LogP contribution in [0.2, 0.25) is 0 Å². The van der Waals surface area contributed by atoms with E-state index in [1.165, 1.54) is 5.56 Å². The zero-order valence-corrected chi connectivity index (χ0v) is 18.3. The highest BCUT2D eigenvalue weighted by Gasteiger charge is 2.38. The van der Waals surface area contributed by atoms with Crippen molar-refractivity contribution in [2.75, 3.05) is 20.3 Å². The Morgan fingerprint density at radius 3 is 2.57 bits per heavy atom. The Bertz CT molecular complexity index is 897. The standard InChI is InChI=1S/C22H30NO6P/c1-16-13-17(3-8-21(16)27-2)10-12-28-20-6-4-18(5-7-20)19-9-11-22(23,14-19)15-29-30(24,25)26/h3-8,13,19H,9-12,14-15,23H2,1-2H3,(H2,24,25,26)/t19-,22-/m1/s1. The molecule has 0 saturated heterocycles. The van der Waals surface area contributed by atoms with E-state index in [0.29, 0.717) is 19.4 Å². The van der Waals surface area contributed by atoms with E-state index in [1.54, 1.807) is 7.11 Å². The lowest BCUT2D eigenvalue weighted by molar-refractivity contribution is 0.153. The molecule has 164 valence electrons. The summed E-state index contributed by atoms with van der Waals surface area (Å²) in [5.41, 5.74) is 9.02. The second kappa shape index (κ2) is 9.50. The normalized spacial score (nSPS) is 21.6. The van der Waals surface area contributed by atoms with Crippen LogP contribution in [0.1, 0.15) is 41.9 Å². The number of phosphoric acid groups is 1. The number of rotatable bonds is 9. The van der Waals surface area contributed by atoms with E-state index in [4.69, 9.17) is 25.0 Å². The minimum Gasteiger partial charge on any atom is -0.496 e. The molecule has 0 heterocycles. The molecule has 3 rings (SSSR count). The first-order valence-electron chi connectivity index (χ1n) is 10.0. The van der Waals surface area contributed by atoms with Gasteiger partial charge in [-0.25, -0.2) is 4.57 Å². The van der Waals surface area contributed by atoms with Crippen LogP contribution in [-0.4, -0.2) is 35.6 Å². The highest BCUT2D eigenvalue weighted by Crippen LogP contribution is 2.43. The van der Waals surface area contributed by atoms with Gasteiger partial charge in [0.2, 0.25) is 0 Å². The molecule has 0 amide bonds. The molecular weight excluding hydrogens is 405 g/mol. The van der Waals surface area contributed by atoms with E-state index < -0.39 is 13.4 Å². The van der Waals surface area contributed by atoms with E-state index in [2.05, 4.69) is 10.6 Å². The number of hydrogen-bond acceptors (Lipinski definition) is 5. The van der Waals surface area contributed by atoms with E-state index in [9.17, 15) is 4.57 Å². The Balaban J connectivity index is 1.49. The number of nitrogens with two attached hydrogens (primary N) is 1. The molecule has 0 bridgehead atoms. The fourth-order valence-electron chi connectivity index (χ4n) is 4.00. The van der Waals surface area contributed by atoms with Crippen LogP contribution in [0.4, 0.5) is 0 Å². The summed E-state index contributed by atoms with van der Waals surface area (Å²) in [6.07, 6.45) is 2.96. The molecule has 2 aromatic carbocycles. The maximum atomic E-state index is 10.9. The third kappa shape index (κ3) is 6.30. The van der Waals surface area contributed by atoms with E-state index in [-0.39, 0.29) is 12.5 Å². The third-order valence-electron chi connectivity index (χ3n) is 5.63. The fraction of sp³-hybridized carbons (Fsp3) is 0.455. The SMILES string of the molecule is COc1ccc(CCOc2ccc([C@@H]3CC[C@](N)(COP(=O)(O)O)C3)cc2)cc1C. The first kappa shape index (κ1) is 22.8. The van der Waals surface area contributed by atoms with Gasteiger partial charge >= 0.3 is 7.82 Å². The minimum atomic E-state index is -4.50. The molecule has 0 unspecified atom stereocenters. The van der Waals surface area contributed by atoms with Crippen molar-refractivity contribution in [2.45, 2.75) is 44.1 Å². The van der Waals surface area contributed by atoms with E-state index in [1.807, 2.05) is 43.3 Å². The maximum Gasteiger partial charge on any atom is 0.469 e. The summed E-state index contributed by atoms with van der Waals surface area (Å²) >= 11 is 0. The van der Waals surface area contributed by atoms with Crippen LogP contribution >= 0.6 is 7.82 Å². The number of phosphoric ester groups is 1. The molecule has 1 fully saturated rings. The molecule has 0 aromatic heterocycles. The number of aryl methyl sites for hydroxylation is 1. The first-order valence-corrected chi connectivity index (χ1v) is 11.6. The molecule has 0 spiro atoms. The quantitative estimate of drug-likeness (QED) is 0.515. The van der Waals surface area contributed by atoms with Crippen LogP contribution < -0.4 is 15.2 Å². The van der Waals surface area contributed by atoms with Crippen molar-refractivity contribution in [3.05, 3.63) is 59.2 Å². The van der Waals surface area contributed by atoms with E-state index in [0.717, 1.165) is 35.5 Å². The number of benzene rings is 2. The number of hydrogen-bond donors (Lipinski definition) is 3. The number of methoxy groups -OCH3 is 1. The molecule has 1 aliphatic rings. The molecule has 30 heavy (non-hydrogen) atoms. The Morgan fingerprint density at radius 2 is 1.93 bits per heavy atom. The molecule has 4 N–H and O–H groups in total. The smallest absolute Gasteiger partial charge is 0.469 e. The largest absolute Gasteiger partial charge is 0.496 e. The second-order valence-corrected chi connectivity index (χ2v) is 9.28. The van der Waals surface area contributed by atoms with Gasteiger partial charge in [-0.1, -0.05) is 24.3 Å². The molecule has 2 aromatic rings. The van der Waals surface area contributed by atoms with Crippen LogP contribution in [0.25, 0.3) is 0 Å². The highest BCUT2D eigenvalue weighted by molar-refractivity contribution is 7.46.